The molecular weight excluding hydrogens is 256 g/mol. The molecule has 0 aliphatic heterocycles. The van der Waals surface area contributed by atoms with Gasteiger partial charge in [-0.2, -0.15) is 0 Å². The number of aromatic carboxylic acids is 1. The number of carboxylic acid groups (broad SMARTS) is 1. The Morgan fingerprint density at radius 1 is 1.35 bits per heavy atom. The highest BCUT2D eigenvalue weighted by atomic mass is 16.5. The lowest BCUT2D eigenvalue weighted by Gasteiger charge is -2.04. The van der Waals surface area contributed by atoms with Crippen molar-refractivity contribution in [3.63, 3.8) is 0 Å². The maximum Gasteiger partial charge on any atom is 0.337 e. The van der Waals surface area contributed by atoms with E-state index in [-0.39, 0.29) is 0 Å². The van der Waals surface area contributed by atoms with Crippen LogP contribution in [-0.2, 0) is 6.54 Å². The van der Waals surface area contributed by atoms with Crippen LogP contribution in [0.25, 0.3) is 10.9 Å². The number of para-hydroxylation sites is 1. The fourth-order valence-electron chi connectivity index (χ4n) is 2.45. The first kappa shape index (κ1) is 12.5. The van der Waals surface area contributed by atoms with Crippen LogP contribution in [-0.4, -0.2) is 20.8 Å². The molecule has 5 heteroatoms. The summed E-state index contributed by atoms with van der Waals surface area (Å²) in [5.41, 5.74) is 3.03. The summed E-state index contributed by atoms with van der Waals surface area (Å²) >= 11 is 0. The molecule has 0 unspecified atom stereocenters. The Kier molecular flexibility index (Phi) is 2.82. The van der Waals surface area contributed by atoms with Crippen LogP contribution in [0.3, 0.4) is 0 Å². The summed E-state index contributed by atoms with van der Waals surface area (Å²) in [5, 5.41) is 14.0. The monoisotopic (exact) mass is 270 g/mol. The number of carboxylic acids is 1. The average molecular weight is 270 g/mol. The van der Waals surface area contributed by atoms with Gasteiger partial charge in [-0.05, 0) is 19.9 Å². The predicted molar refractivity (Wildman–Crippen MR) is 74.0 cm³/mol. The topological polar surface area (TPSA) is 68.3 Å². The number of benzene rings is 1. The second-order valence-electron chi connectivity index (χ2n) is 4.80. The van der Waals surface area contributed by atoms with Gasteiger partial charge in [0.1, 0.15) is 5.76 Å². The van der Waals surface area contributed by atoms with E-state index in [1.54, 1.807) is 6.20 Å². The third-order valence-electron chi connectivity index (χ3n) is 3.53. The standard InChI is InChI=1S/C15H14N2O3/c1-9-12(10(2)20-16-9)7-17-8-13(15(18)19)11-5-3-4-6-14(11)17/h3-6,8H,7H2,1-2H3,(H,18,19). The van der Waals surface area contributed by atoms with E-state index in [1.807, 2.05) is 42.7 Å². The van der Waals surface area contributed by atoms with Crippen molar-refractivity contribution in [1.82, 2.24) is 9.72 Å². The number of hydrogen-bond donors (Lipinski definition) is 1. The second kappa shape index (κ2) is 4.52. The van der Waals surface area contributed by atoms with Crippen LogP contribution in [0.15, 0.2) is 35.0 Å². The lowest BCUT2D eigenvalue weighted by Crippen LogP contribution is -2.00. The lowest BCUT2D eigenvalue weighted by molar-refractivity contribution is 0.0699. The third kappa shape index (κ3) is 1.87. The van der Waals surface area contributed by atoms with Gasteiger partial charge in [-0.25, -0.2) is 4.79 Å². The van der Waals surface area contributed by atoms with Crippen LogP contribution < -0.4 is 0 Å². The van der Waals surface area contributed by atoms with Crippen molar-refractivity contribution >= 4 is 16.9 Å². The molecule has 0 amide bonds. The van der Waals surface area contributed by atoms with E-state index >= 15 is 0 Å². The number of aryl methyl sites for hydroxylation is 2. The maximum atomic E-state index is 11.3. The second-order valence-corrected chi connectivity index (χ2v) is 4.80. The van der Waals surface area contributed by atoms with E-state index < -0.39 is 5.97 Å². The summed E-state index contributed by atoms with van der Waals surface area (Å²) in [6, 6.07) is 7.48. The van der Waals surface area contributed by atoms with E-state index in [2.05, 4.69) is 5.16 Å². The Morgan fingerprint density at radius 3 is 2.75 bits per heavy atom. The summed E-state index contributed by atoms with van der Waals surface area (Å²) in [4.78, 5) is 11.3. The van der Waals surface area contributed by atoms with Crippen LogP contribution in [0, 0.1) is 13.8 Å². The van der Waals surface area contributed by atoms with Crippen molar-refractivity contribution in [2.75, 3.05) is 0 Å². The summed E-state index contributed by atoms with van der Waals surface area (Å²) in [6.45, 7) is 4.30. The van der Waals surface area contributed by atoms with Gasteiger partial charge in [0.25, 0.3) is 0 Å². The fourth-order valence-corrected chi connectivity index (χ4v) is 2.45. The highest BCUT2D eigenvalue weighted by Crippen LogP contribution is 2.24. The average Bonchev–Trinajstić information content (AvgIpc) is 2.95. The molecule has 20 heavy (non-hydrogen) atoms. The van der Waals surface area contributed by atoms with E-state index in [9.17, 15) is 9.90 Å². The molecule has 102 valence electrons. The van der Waals surface area contributed by atoms with E-state index in [0.29, 0.717) is 12.1 Å². The van der Waals surface area contributed by atoms with Crippen LogP contribution in [0.1, 0.15) is 27.4 Å². The molecule has 0 radical (unpaired) electrons. The highest BCUT2D eigenvalue weighted by Gasteiger charge is 2.16. The molecule has 0 spiro atoms. The minimum absolute atomic E-state index is 0.312. The molecule has 0 saturated carbocycles. The molecule has 5 nitrogen and oxygen atoms in total. The van der Waals surface area contributed by atoms with Gasteiger partial charge in [0.05, 0.1) is 17.8 Å². The largest absolute Gasteiger partial charge is 0.478 e. The summed E-state index contributed by atoms with van der Waals surface area (Å²) in [5.74, 6) is -0.157. The molecule has 3 rings (SSSR count). The summed E-state index contributed by atoms with van der Waals surface area (Å²) < 4.78 is 7.08. The molecule has 0 saturated heterocycles. The molecule has 0 bridgehead atoms. The maximum absolute atomic E-state index is 11.3. The zero-order chi connectivity index (χ0) is 14.3. The SMILES string of the molecule is Cc1noc(C)c1Cn1cc(C(=O)O)c2ccccc21. The zero-order valence-electron chi connectivity index (χ0n) is 11.3. The van der Waals surface area contributed by atoms with E-state index in [1.165, 1.54) is 0 Å². The van der Waals surface area contributed by atoms with Gasteiger partial charge in [0, 0.05) is 22.7 Å². The van der Waals surface area contributed by atoms with Crippen LogP contribution in [0.4, 0.5) is 0 Å². The molecule has 2 heterocycles. The molecule has 0 fully saturated rings. The summed E-state index contributed by atoms with van der Waals surface area (Å²) in [6.07, 6.45) is 1.67. The molecule has 0 aliphatic carbocycles. The van der Waals surface area contributed by atoms with Gasteiger partial charge in [0.15, 0.2) is 0 Å². The number of aromatic nitrogens is 2. The lowest BCUT2D eigenvalue weighted by atomic mass is 10.2. The Hall–Kier alpha value is -2.56. The molecule has 1 aromatic carbocycles. The zero-order valence-corrected chi connectivity index (χ0v) is 11.3. The Morgan fingerprint density at radius 2 is 2.10 bits per heavy atom. The third-order valence-corrected chi connectivity index (χ3v) is 3.53. The van der Waals surface area contributed by atoms with Crippen molar-refractivity contribution < 1.29 is 14.4 Å². The number of hydrogen-bond acceptors (Lipinski definition) is 3. The molecular formula is C15H14N2O3. The minimum Gasteiger partial charge on any atom is -0.478 e. The number of nitrogens with zero attached hydrogens (tertiary/aromatic N) is 2. The van der Waals surface area contributed by atoms with Crippen molar-refractivity contribution in [1.29, 1.82) is 0 Å². The predicted octanol–water partition coefficient (Wildman–Crippen LogP) is 2.99. The number of carbonyl (C=O) groups is 1. The minimum atomic E-state index is -0.918. The van der Waals surface area contributed by atoms with E-state index in [4.69, 9.17) is 4.52 Å². The van der Waals surface area contributed by atoms with Crippen molar-refractivity contribution in [3.8, 4) is 0 Å². The van der Waals surface area contributed by atoms with Crippen LogP contribution >= 0.6 is 0 Å². The number of rotatable bonds is 3. The highest BCUT2D eigenvalue weighted by molar-refractivity contribution is 6.03. The fraction of sp³-hybridized carbons (Fsp3) is 0.200. The Balaban J connectivity index is 2.15. The molecule has 0 aliphatic rings. The van der Waals surface area contributed by atoms with Crippen molar-refractivity contribution in [2.45, 2.75) is 20.4 Å². The Bertz CT molecular complexity index is 779. The molecule has 0 atom stereocenters. The molecule has 1 N–H and O–H groups in total. The first-order valence-corrected chi connectivity index (χ1v) is 6.31. The van der Waals surface area contributed by atoms with Crippen LogP contribution in [0.2, 0.25) is 0 Å². The normalized spacial score (nSPS) is 11.1. The van der Waals surface area contributed by atoms with Gasteiger partial charge in [-0.15, -0.1) is 0 Å². The Labute approximate surface area is 115 Å². The van der Waals surface area contributed by atoms with Gasteiger partial charge in [0.2, 0.25) is 0 Å². The van der Waals surface area contributed by atoms with Crippen molar-refractivity contribution in [2.24, 2.45) is 0 Å². The number of fused-ring (bicyclic) bond motifs is 1. The van der Waals surface area contributed by atoms with Gasteiger partial charge >= 0.3 is 5.97 Å². The van der Waals surface area contributed by atoms with Gasteiger partial charge in [-0.1, -0.05) is 23.4 Å². The van der Waals surface area contributed by atoms with E-state index in [0.717, 1.165) is 27.9 Å². The van der Waals surface area contributed by atoms with Crippen LogP contribution in [0.5, 0.6) is 0 Å². The summed E-state index contributed by atoms with van der Waals surface area (Å²) in [7, 11) is 0. The molecule has 3 aromatic rings. The first-order chi connectivity index (χ1) is 9.58. The van der Waals surface area contributed by atoms with Crippen molar-refractivity contribution in [3.05, 3.63) is 53.0 Å². The quantitative estimate of drug-likeness (QED) is 0.794. The smallest absolute Gasteiger partial charge is 0.337 e. The van der Waals surface area contributed by atoms with Gasteiger partial charge in [-0.3, -0.25) is 0 Å². The molecule has 2 aromatic heterocycles. The first-order valence-electron chi connectivity index (χ1n) is 6.31. The van der Waals surface area contributed by atoms with Gasteiger partial charge < -0.3 is 14.2 Å².